The van der Waals surface area contributed by atoms with Crippen LogP contribution in [0.15, 0.2) is 18.2 Å². The van der Waals surface area contributed by atoms with E-state index in [1.807, 2.05) is 0 Å². The molecule has 0 saturated carbocycles. The third kappa shape index (κ3) is 4.43. The van der Waals surface area contributed by atoms with Crippen LogP contribution in [0.4, 0.5) is 5.69 Å². The van der Waals surface area contributed by atoms with Crippen LogP contribution >= 0.6 is 0 Å². The van der Waals surface area contributed by atoms with Crippen molar-refractivity contribution in [1.29, 1.82) is 0 Å². The lowest BCUT2D eigenvalue weighted by Gasteiger charge is -2.11. The van der Waals surface area contributed by atoms with Crippen molar-refractivity contribution in [3.63, 3.8) is 0 Å². The number of hydrogen-bond acceptors (Lipinski definition) is 5. The maximum absolute atomic E-state index is 12.0. The van der Waals surface area contributed by atoms with E-state index in [1.54, 1.807) is 25.3 Å². The molecule has 4 N–H and O–H groups in total. The van der Waals surface area contributed by atoms with Crippen molar-refractivity contribution in [1.82, 2.24) is 10.6 Å². The summed E-state index contributed by atoms with van der Waals surface area (Å²) in [5.74, 6) is -0.417. The van der Waals surface area contributed by atoms with Gasteiger partial charge in [0.2, 0.25) is 5.91 Å². The molecule has 0 bridgehead atoms. The van der Waals surface area contributed by atoms with Gasteiger partial charge >= 0.3 is 0 Å². The number of hydrogen-bond donors (Lipinski definition) is 3. The molecule has 0 fully saturated rings. The van der Waals surface area contributed by atoms with Crippen molar-refractivity contribution >= 4 is 17.5 Å². The second kappa shape index (κ2) is 8.00. The van der Waals surface area contributed by atoms with E-state index in [2.05, 4.69) is 10.6 Å². The zero-order chi connectivity index (χ0) is 15.0. The molecule has 0 spiro atoms. The van der Waals surface area contributed by atoms with Gasteiger partial charge < -0.3 is 25.8 Å². The van der Waals surface area contributed by atoms with Crippen LogP contribution in [0.3, 0.4) is 0 Å². The molecule has 110 valence electrons. The number of nitrogens with two attached hydrogens (primary N) is 1. The highest BCUT2D eigenvalue weighted by Crippen LogP contribution is 2.25. The van der Waals surface area contributed by atoms with Gasteiger partial charge in [0.15, 0.2) is 5.75 Å². The van der Waals surface area contributed by atoms with Crippen LogP contribution in [-0.4, -0.2) is 45.7 Å². The number of nitrogen functional groups attached to an aromatic ring is 1. The van der Waals surface area contributed by atoms with Gasteiger partial charge in [0, 0.05) is 13.7 Å². The van der Waals surface area contributed by atoms with Gasteiger partial charge in [0.05, 0.1) is 31.5 Å². The molecule has 1 aromatic carbocycles. The van der Waals surface area contributed by atoms with E-state index < -0.39 is 5.91 Å². The fourth-order valence-electron chi connectivity index (χ4n) is 1.57. The van der Waals surface area contributed by atoms with E-state index in [0.717, 1.165) is 0 Å². The highest BCUT2D eigenvalue weighted by atomic mass is 16.5. The van der Waals surface area contributed by atoms with Crippen LogP contribution < -0.4 is 21.1 Å². The molecule has 0 atom stereocenters. The van der Waals surface area contributed by atoms with Gasteiger partial charge in [-0.3, -0.25) is 9.59 Å². The average molecular weight is 281 g/mol. The highest BCUT2D eigenvalue weighted by Gasteiger charge is 2.14. The number of para-hydroxylation sites is 1. The van der Waals surface area contributed by atoms with E-state index in [4.69, 9.17) is 15.2 Å². The van der Waals surface area contributed by atoms with E-state index in [1.165, 1.54) is 7.11 Å². The summed E-state index contributed by atoms with van der Waals surface area (Å²) >= 11 is 0. The van der Waals surface area contributed by atoms with Crippen LogP contribution in [0.5, 0.6) is 5.75 Å². The zero-order valence-electron chi connectivity index (χ0n) is 11.6. The predicted octanol–water partition coefficient (Wildman–Crippen LogP) is -0.230. The first-order valence-corrected chi connectivity index (χ1v) is 6.06. The molecule has 2 amide bonds. The molecule has 1 aromatic rings. The third-order valence-electron chi connectivity index (χ3n) is 2.53. The molecule has 0 aromatic heterocycles. The van der Waals surface area contributed by atoms with Crippen molar-refractivity contribution in [3.8, 4) is 5.75 Å². The Morgan fingerprint density at radius 1 is 1.25 bits per heavy atom. The van der Waals surface area contributed by atoms with Gasteiger partial charge in [-0.15, -0.1) is 0 Å². The standard InChI is InChI=1S/C13H19N3O4/c1-19-7-6-15-11(17)8-16-13(18)9-4-3-5-10(14)12(9)20-2/h3-5H,6-8,14H2,1-2H3,(H,15,17)(H,16,18). The topological polar surface area (TPSA) is 103 Å². The van der Waals surface area contributed by atoms with Crippen molar-refractivity contribution in [2.45, 2.75) is 0 Å². The highest BCUT2D eigenvalue weighted by molar-refractivity contribution is 6.00. The molecule has 1 rings (SSSR count). The first-order chi connectivity index (χ1) is 9.60. The van der Waals surface area contributed by atoms with Crippen LogP contribution in [0, 0.1) is 0 Å². The quantitative estimate of drug-likeness (QED) is 0.473. The summed E-state index contributed by atoms with van der Waals surface area (Å²) in [6.07, 6.45) is 0. The van der Waals surface area contributed by atoms with Crippen molar-refractivity contribution in [2.75, 3.05) is 39.6 Å². The second-order valence-electron chi connectivity index (χ2n) is 3.95. The minimum Gasteiger partial charge on any atom is -0.494 e. The third-order valence-corrected chi connectivity index (χ3v) is 2.53. The molecule has 0 aliphatic carbocycles. The normalized spacial score (nSPS) is 9.90. The lowest BCUT2D eigenvalue weighted by molar-refractivity contribution is -0.120. The zero-order valence-corrected chi connectivity index (χ0v) is 11.6. The van der Waals surface area contributed by atoms with E-state index in [9.17, 15) is 9.59 Å². The Morgan fingerprint density at radius 2 is 2.00 bits per heavy atom. The van der Waals surface area contributed by atoms with Gasteiger partial charge in [-0.25, -0.2) is 0 Å². The summed E-state index contributed by atoms with van der Waals surface area (Å²) in [7, 11) is 2.97. The molecule has 0 radical (unpaired) electrons. The molecule has 0 aliphatic rings. The number of carbonyl (C=O) groups excluding carboxylic acids is 2. The van der Waals surface area contributed by atoms with Crippen LogP contribution in [-0.2, 0) is 9.53 Å². The lowest BCUT2D eigenvalue weighted by Crippen LogP contribution is -2.38. The molecule has 7 heteroatoms. The van der Waals surface area contributed by atoms with Gasteiger partial charge in [-0.2, -0.15) is 0 Å². The predicted molar refractivity (Wildman–Crippen MR) is 74.6 cm³/mol. The number of rotatable bonds is 7. The molecular formula is C13H19N3O4. The van der Waals surface area contributed by atoms with Crippen molar-refractivity contribution in [2.24, 2.45) is 0 Å². The Morgan fingerprint density at radius 3 is 2.65 bits per heavy atom. The molecule has 0 heterocycles. The monoisotopic (exact) mass is 281 g/mol. The molecule has 20 heavy (non-hydrogen) atoms. The summed E-state index contributed by atoms with van der Waals surface area (Å²) in [6.45, 7) is 0.691. The molecule has 0 unspecified atom stereocenters. The van der Waals surface area contributed by atoms with E-state index in [-0.39, 0.29) is 18.0 Å². The maximum atomic E-state index is 12.0. The first kappa shape index (κ1) is 15.8. The number of carbonyl (C=O) groups is 2. The van der Waals surface area contributed by atoms with Crippen LogP contribution in [0.1, 0.15) is 10.4 Å². The fraction of sp³-hybridized carbons (Fsp3) is 0.385. The van der Waals surface area contributed by atoms with Crippen molar-refractivity contribution < 1.29 is 19.1 Å². The summed E-state index contributed by atoms with van der Waals surface area (Å²) in [4.78, 5) is 23.4. The Balaban J connectivity index is 2.55. The Kier molecular flexibility index (Phi) is 6.31. The van der Waals surface area contributed by atoms with Gasteiger partial charge in [0.25, 0.3) is 5.91 Å². The van der Waals surface area contributed by atoms with Gasteiger partial charge in [-0.1, -0.05) is 6.07 Å². The number of methoxy groups -OCH3 is 2. The summed E-state index contributed by atoms with van der Waals surface area (Å²) in [5, 5.41) is 5.10. The van der Waals surface area contributed by atoms with Crippen molar-refractivity contribution in [3.05, 3.63) is 23.8 Å². The number of ether oxygens (including phenoxy) is 2. The van der Waals surface area contributed by atoms with Crippen LogP contribution in [0.2, 0.25) is 0 Å². The molecule has 7 nitrogen and oxygen atoms in total. The minimum absolute atomic E-state index is 0.125. The smallest absolute Gasteiger partial charge is 0.255 e. The Bertz CT molecular complexity index is 477. The number of anilines is 1. The largest absolute Gasteiger partial charge is 0.494 e. The first-order valence-electron chi connectivity index (χ1n) is 6.06. The number of amides is 2. The van der Waals surface area contributed by atoms with Gasteiger partial charge in [-0.05, 0) is 12.1 Å². The molecule has 0 aliphatic heterocycles. The summed E-state index contributed by atoms with van der Waals surface area (Å²) in [6, 6.07) is 4.85. The summed E-state index contributed by atoms with van der Waals surface area (Å²) in [5.41, 5.74) is 6.36. The van der Waals surface area contributed by atoms with E-state index >= 15 is 0 Å². The average Bonchev–Trinajstić information content (AvgIpc) is 2.44. The Hall–Kier alpha value is -2.28. The van der Waals surface area contributed by atoms with E-state index in [0.29, 0.717) is 24.6 Å². The summed E-state index contributed by atoms with van der Waals surface area (Å²) < 4.78 is 9.88. The SMILES string of the molecule is COCCNC(=O)CNC(=O)c1cccc(N)c1OC. The minimum atomic E-state index is -0.420. The maximum Gasteiger partial charge on any atom is 0.255 e. The fourth-order valence-corrected chi connectivity index (χ4v) is 1.57. The van der Waals surface area contributed by atoms with Crippen LogP contribution in [0.25, 0.3) is 0 Å². The lowest BCUT2D eigenvalue weighted by atomic mass is 10.1. The molecule has 0 saturated heterocycles. The second-order valence-corrected chi connectivity index (χ2v) is 3.95. The Labute approximate surface area is 117 Å². The molecular weight excluding hydrogens is 262 g/mol. The number of benzene rings is 1. The number of nitrogens with one attached hydrogen (secondary N) is 2. The van der Waals surface area contributed by atoms with Gasteiger partial charge in [0.1, 0.15) is 0 Å².